The van der Waals surface area contributed by atoms with Gasteiger partial charge in [0, 0.05) is 0 Å². The first-order valence-corrected chi connectivity index (χ1v) is 11.8. The highest BCUT2D eigenvalue weighted by Gasteiger charge is 2.35. The molecule has 1 fully saturated rings. The Morgan fingerprint density at radius 1 is 1.03 bits per heavy atom. The molecule has 1 heterocycles. The van der Waals surface area contributed by atoms with Crippen LogP contribution < -0.4 is 15.0 Å². The maximum absolute atomic E-state index is 13.3. The summed E-state index contributed by atoms with van der Waals surface area (Å²) in [6, 6.07) is 20.1. The molecule has 8 heteroatoms. The van der Waals surface area contributed by atoms with Crippen LogP contribution in [0.1, 0.15) is 16.7 Å². The van der Waals surface area contributed by atoms with Crippen molar-refractivity contribution in [2.45, 2.75) is 13.0 Å². The Labute approximate surface area is 218 Å². The largest absolute Gasteiger partial charge is 0.489 e. The summed E-state index contributed by atoms with van der Waals surface area (Å²) < 4.78 is 6.01. The van der Waals surface area contributed by atoms with Gasteiger partial charge in [-0.05, 0) is 65.7 Å². The first-order valence-electron chi connectivity index (χ1n) is 10.6. The Bertz CT molecular complexity index is 1360. The van der Waals surface area contributed by atoms with Crippen LogP contribution in [0.15, 0.2) is 85.0 Å². The summed E-state index contributed by atoms with van der Waals surface area (Å²) in [7, 11) is 0. The quantitative estimate of drug-likeness (QED) is 0.175. The summed E-state index contributed by atoms with van der Waals surface area (Å²) in [6.07, 6.45) is 3.83. The molecule has 0 aromatic heterocycles. The van der Waals surface area contributed by atoms with E-state index in [1.165, 1.54) is 11.0 Å². The van der Waals surface area contributed by atoms with Gasteiger partial charge in [0.15, 0.2) is 5.11 Å². The molecule has 0 atom stereocenters. The average Bonchev–Trinajstić information content (AvgIpc) is 2.84. The number of amides is 2. The number of carbonyl (C=O) groups is 2. The molecule has 0 spiro atoms. The van der Waals surface area contributed by atoms with Crippen LogP contribution in [0.5, 0.6) is 5.75 Å². The molecule has 176 valence electrons. The molecule has 4 rings (SSSR count). The number of anilines is 1. The van der Waals surface area contributed by atoms with Crippen LogP contribution in [0, 0.1) is 0 Å². The molecule has 2 amide bonds. The maximum atomic E-state index is 13.3. The molecule has 5 nitrogen and oxygen atoms in total. The van der Waals surface area contributed by atoms with Crippen LogP contribution in [-0.2, 0) is 22.6 Å². The number of halogens is 2. The number of hydrogen-bond acceptors (Lipinski definition) is 4. The van der Waals surface area contributed by atoms with Gasteiger partial charge in [0.1, 0.15) is 17.9 Å². The topological polar surface area (TPSA) is 58.6 Å². The number of rotatable bonds is 7. The van der Waals surface area contributed by atoms with Crippen molar-refractivity contribution in [1.29, 1.82) is 0 Å². The maximum Gasteiger partial charge on any atom is 0.270 e. The average molecular weight is 523 g/mol. The van der Waals surface area contributed by atoms with Gasteiger partial charge in [-0.3, -0.25) is 19.8 Å². The molecule has 0 unspecified atom stereocenters. The number of carbonyl (C=O) groups excluding carboxylic acids is 2. The van der Waals surface area contributed by atoms with E-state index in [4.69, 9.17) is 40.2 Å². The van der Waals surface area contributed by atoms with Crippen molar-refractivity contribution in [1.82, 2.24) is 5.32 Å². The van der Waals surface area contributed by atoms with Crippen LogP contribution in [0.25, 0.3) is 6.08 Å². The number of hydrogen-bond donors (Lipinski definition) is 1. The van der Waals surface area contributed by atoms with E-state index >= 15 is 0 Å². The zero-order valence-electron chi connectivity index (χ0n) is 18.5. The van der Waals surface area contributed by atoms with Crippen molar-refractivity contribution in [2.24, 2.45) is 0 Å². The number of benzene rings is 3. The molecular weight excluding hydrogens is 503 g/mol. The third-order valence-corrected chi connectivity index (χ3v) is 6.36. The fraction of sp³-hybridized carbons (Fsp3) is 0.0741. The van der Waals surface area contributed by atoms with Crippen molar-refractivity contribution < 1.29 is 14.3 Å². The van der Waals surface area contributed by atoms with Gasteiger partial charge in [-0.2, -0.15) is 0 Å². The summed E-state index contributed by atoms with van der Waals surface area (Å²) >= 11 is 17.7. The second-order valence-electron chi connectivity index (χ2n) is 7.67. The highest BCUT2D eigenvalue weighted by Crippen LogP contribution is 2.34. The van der Waals surface area contributed by atoms with Gasteiger partial charge in [-0.15, -0.1) is 6.58 Å². The Hall–Kier alpha value is -3.45. The van der Waals surface area contributed by atoms with Gasteiger partial charge < -0.3 is 4.74 Å². The van der Waals surface area contributed by atoms with Crippen molar-refractivity contribution in [3.05, 3.63) is 112 Å². The van der Waals surface area contributed by atoms with E-state index in [1.807, 2.05) is 42.5 Å². The van der Waals surface area contributed by atoms with Crippen molar-refractivity contribution in [3.63, 3.8) is 0 Å². The van der Waals surface area contributed by atoms with Gasteiger partial charge in [0.25, 0.3) is 11.8 Å². The first-order chi connectivity index (χ1) is 16.9. The number of thiocarbonyl (C=S) groups is 1. The van der Waals surface area contributed by atoms with E-state index < -0.39 is 11.8 Å². The lowest BCUT2D eigenvalue weighted by Crippen LogP contribution is -2.54. The minimum Gasteiger partial charge on any atom is -0.489 e. The van der Waals surface area contributed by atoms with E-state index in [-0.39, 0.29) is 26.4 Å². The number of ether oxygens (including phenoxy) is 1. The van der Waals surface area contributed by atoms with E-state index in [2.05, 4.69) is 11.9 Å². The third kappa shape index (κ3) is 5.46. The van der Waals surface area contributed by atoms with Gasteiger partial charge in [-0.25, -0.2) is 0 Å². The van der Waals surface area contributed by atoms with E-state index in [1.54, 1.807) is 30.3 Å². The van der Waals surface area contributed by atoms with Gasteiger partial charge in [-0.1, -0.05) is 71.7 Å². The molecule has 0 bridgehead atoms. The van der Waals surface area contributed by atoms with Crippen LogP contribution in [-0.4, -0.2) is 16.9 Å². The molecule has 1 aliphatic heterocycles. The molecule has 3 aromatic rings. The first kappa shape index (κ1) is 24.7. The Balaban J connectivity index is 1.65. The molecule has 0 radical (unpaired) electrons. The molecular formula is C27H20Cl2N2O3S. The number of nitrogens with zero attached hydrogens (tertiary/aromatic N) is 1. The Kier molecular flexibility index (Phi) is 7.66. The lowest BCUT2D eigenvalue weighted by Gasteiger charge is -2.29. The fourth-order valence-electron chi connectivity index (χ4n) is 3.59. The summed E-state index contributed by atoms with van der Waals surface area (Å²) in [5, 5.41) is 2.91. The van der Waals surface area contributed by atoms with Gasteiger partial charge in [0.2, 0.25) is 0 Å². The minimum atomic E-state index is -0.599. The monoisotopic (exact) mass is 522 g/mol. The molecule has 0 saturated carbocycles. The minimum absolute atomic E-state index is 0.0710. The molecule has 1 aliphatic rings. The van der Waals surface area contributed by atoms with Gasteiger partial charge in [0.05, 0.1) is 15.7 Å². The zero-order chi connectivity index (χ0) is 24.9. The fourth-order valence-corrected chi connectivity index (χ4v) is 4.24. The number of allylic oxidation sites excluding steroid dienone is 1. The predicted molar refractivity (Wildman–Crippen MR) is 144 cm³/mol. The van der Waals surface area contributed by atoms with E-state index in [9.17, 15) is 9.59 Å². The Morgan fingerprint density at radius 2 is 1.80 bits per heavy atom. The molecule has 1 saturated heterocycles. The van der Waals surface area contributed by atoms with Crippen LogP contribution in [0.3, 0.4) is 0 Å². The number of nitrogens with one attached hydrogen (secondary N) is 1. The highest BCUT2D eigenvalue weighted by molar-refractivity contribution is 7.80. The summed E-state index contributed by atoms with van der Waals surface area (Å²) in [6.45, 7) is 4.23. The second-order valence-corrected chi connectivity index (χ2v) is 8.84. The third-order valence-electron chi connectivity index (χ3n) is 5.27. The molecule has 35 heavy (non-hydrogen) atoms. The van der Waals surface area contributed by atoms with Crippen LogP contribution >= 0.6 is 35.4 Å². The summed E-state index contributed by atoms with van der Waals surface area (Å²) in [5.74, 6) is -0.495. The smallest absolute Gasteiger partial charge is 0.270 e. The zero-order valence-corrected chi connectivity index (χ0v) is 20.8. The lowest BCUT2D eigenvalue weighted by molar-refractivity contribution is -0.122. The SMILES string of the molecule is C=CCc1cc(/C=C2\C(=O)NC(=S)N(c3cccc(Cl)c3Cl)C2=O)ccc1OCc1ccccc1. The normalized spacial score (nSPS) is 14.7. The Morgan fingerprint density at radius 3 is 2.54 bits per heavy atom. The summed E-state index contributed by atoms with van der Waals surface area (Å²) in [4.78, 5) is 27.2. The molecule has 0 aliphatic carbocycles. The van der Waals surface area contributed by atoms with Gasteiger partial charge >= 0.3 is 0 Å². The second kappa shape index (κ2) is 10.9. The van der Waals surface area contributed by atoms with Crippen molar-refractivity contribution in [3.8, 4) is 5.75 Å². The lowest BCUT2D eigenvalue weighted by atomic mass is 10.0. The van der Waals surface area contributed by atoms with Crippen LogP contribution in [0.2, 0.25) is 10.0 Å². The van der Waals surface area contributed by atoms with Crippen LogP contribution in [0.4, 0.5) is 5.69 Å². The molecule has 3 aromatic carbocycles. The predicted octanol–water partition coefficient (Wildman–Crippen LogP) is 6.13. The standard InChI is InChI=1S/C27H20Cl2N2O3S/c1-2-7-19-14-18(12-13-23(19)34-16-17-8-4-3-5-9-17)15-20-25(32)30-27(35)31(26(20)33)22-11-6-10-21(28)24(22)29/h2-6,8-15H,1,7,16H2,(H,30,32,35)/b20-15+. The molecule has 1 N–H and O–H groups in total. The van der Waals surface area contributed by atoms with E-state index in [0.29, 0.717) is 24.3 Å². The van der Waals surface area contributed by atoms with E-state index in [0.717, 1.165) is 11.1 Å². The summed E-state index contributed by atoms with van der Waals surface area (Å²) in [5.41, 5.74) is 2.77. The van der Waals surface area contributed by atoms with Crippen molar-refractivity contribution in [2.75, 3.05) is 4.90 Å². The van der Waals surface area contributed by atoms with Crippen molar-refractivity contribution >= 4 is 64.1 Å². The highest BCUT2D eigenvalue weighted by atomic mass is 35.5.